The van der Waals surface area contributed by atoms with E-state index in [2.05, 4.69) is 46.4 Å². The van der Waals surface area contributed by atoms with Gasteiger partial charge in [-0.2, -0.15) is 0 Å². The van der Waals surface area contributed by atoms with Crippen molar-refractivity contribution < 1.29 is 0 Å². The highest BCUT2D eigenvalue weighted by Gasteiger charge is 2.57. The molecular weight excluding hydrogens is 206 g/mol. The van der Waals surface area contributed by atoms with Crippen molar-refractivity contribution >= 4 is 0 Å². The molecule has 0 spiro atoms. The summed E-state index contributed by atoms with van der Waals surface area (Å²) >= 11 is 0. The second-order valence-corrected chi connectivity index (χ2v) is 7.66. The van der Waals surface area contributed by atoms with Gasteiger partial charge in [0.2, 0.25) is 0 Å². The minimum atomic E-state index is 0.396. The molecule has 2 fully saturated rings. The molecule has 0 amide bonds. The highest BCUT2D eigenvalue weighted by molar-refractivity contribution is 5.13. The normalized spacial score (nSPS) is 43.4. The first-order valence-corrected chi connectivity index (χ1v) is 7.57. The number of piperidine rings is 1. The van der Waals surface area contributed by atoms with Gasteiger partial charge in [0.05, 0.1) is 0 Å². The van der Waals surface area contributed by atoms with Crippen LogP contribution in [0.5, 0.6) is 0 Å². The van der Waals surface area contributed by atoms with Crippen LogP contribution in [-0.4, -0.2) is 21.5 Å². The Kier molecular flexibility index (Phi) is 3.14. The first-order chi connectivity index (χ1) is 7.76. The third-order valence-electron chi connectivity index (χ3n) is 6.00. The predicted molar refractivity (Wildman–Crippen MR) is 75.3 cm³/mol. The summed E-state index contributed by atoms with van der Waals surface area (Å²) in [4.78, 5) is 2.92. The summed E-state index contributed by atoms with van der Waals surface area (Å²) in [7, 11) is 0. The molecule has 100 valence electrons. The molecular formula is C16H31N. The van der Waals surface area contributed by atoms with Crippen LogP contribution < -0.4 is 0 Å². The SMILES string of the molecule is CCC(C)C1(C)CCCC2(C)CCC(C)(C)N21. The van der Waals surface area contributed by atoms with Crippen molar-refractivity contribution in [1.82, 2.24) is 4.90 Å². The zero-order valence-corrected chi connectivity index (χ0v) is 12.8. The molecule has 0 aromatic rings. The summed E-state index contributed by atoms with van der Waals surface area (Å²) in [5, 5.41) is 0. The van der Waals surface area contributed by atoms with E-state index in [1.165, 1.54) is 38.5 Å². The molecule has 1 nitrogen and oxygen atoms in total. The second kappa shape index (κ2) is 3.98. The van der Waals surface area contributed by atoms with Crippen LogP contribution in [0.3, 0.4) is 0 Å². The molecule has 0 N–H and O–H groups in total. The fraction of sp³-hybridized carbons (Fsp3) is 1.00. The van der Waals surface area contributed by atoms with Crippen LogP contribution in [0.15, 0.2) is 0 Å². The molecule has 3 unspecified atom stereocenters. The number of rotatable bonds is 2. The second-order valence-electron chi connectivity index (χ2n) is 7.66. The van der Waals surface area contributed by atoms with E-state index in [0.717, 1.165) is 5.92 Å². The van der Waals surface area contributed by atoms with Gasteiger partial charge in [0.1, 0.15) is 0 Å². The van der Waals surface area contributed by atoms with Crippen molar-refractivity contribution in [2.24, 2.45) is 5.92 Å². The number of fused-ring (bicyclic) bond motifs is 1. The Balaban J connectivity index is 2.40. The van der Waals surface area contributed by atoms with E-state index in [-0.39, 0.29) is 0 Å². The molecule has 2 heterocycles. The fourth-order valence-corrected chi connectivity index (χ4v) is 4.92. The smallest absolute Gasteiger partial charge is 0.0217 e. The Morgan fingerprint density at radius 2 is 1.65 bits per heavy atom. The standard InChI is InChI=1S/C16H31N/c1-7-13(2)16(6)10-8-9-15(5)12-11-14(3,4)17(15)16/h13H,7-12H2,1-6H3. The van der Waals surface area contributed by atoms with E-state index < -0.39 is 0 Å². The summed E-state index contributed by atoms with van der Waals surface area (Å²) in [5.74, 6) is 0.805. The van der Waals surface area contributed by atoms with Gasteiger partial charge < -0.3 is 0 Å². The molecule has 0 aromatic heterocycles. The van der Waals surface area contributed by atoms with E-state index >= 15 is 0 Å². The molecule has 2 aliphatic heterocycles. The van der Waals surface area contributed by atoms with Gasteiger partial charge in [-0.3, -0.25) is 4.90 Å². The molecule has 2 saturated heterocycles. The van der Waals surface area contributed by atoms with Crippen molar-refractivity contribution in [3.63, 3.8) is 0 Å². The predicted octanol–water partition coefficient (Wildman–Crippen LogP) is 4.61. The van der Waals surface area contributed by atoms with E-state index in [4.69, 9.17) is 0 Å². The van der Waals surface area contributed by atoms with E-state index in [9.17, 15) is 0 Å². The van der Waals surface area contributed by atoms with E-state index in [1.807, 2.05) is 0 Å². The quantitative estimate of drug-likeness (QED) is 0.678. The van der Waals surface area contributed by atoms with Crippen LogP contribution in [0, 0.1) is 5.92 Å². The maximum absolute atomic E-state index is 2.92. The van der Waals surface area contributed by atoms with Crippen LogP contribution in [0.2, 0.25) is 0 Å². The minimum absolute atomic E-state index is 0.396. The van der Waals surface area contributed by atoms with Gasteiger partial charge in [-0.1, -0.05) is 20.3 Å². The lowest BCUT2D eigenvalue weighted by atomic mass is 9.71. The van der Waals surface area contributed by atoms with Crippen molar-refractivity contribution in [3.05, 3.63) is 0 Å². The molecule has 0 aromatic carbocycles. The lowest BCUT2D eigenvalue weighted by Gasteiger charge is -2.59. The van der Waals surface area contributed by atoms with Crippen LogP contribution in [0.25, 0.3) is 0 Å². The maximum Gasteiger partial charge on any atom is 0.0217 e. The van der Waals surface area contributed by atoms with Crippen LogP contribution in [-0.2, 0) is 0 Å². The Morgan fingerprint density at radius 3 is 2.24 bits per heavy atom. The van der Waals surface area contributed by atoms with Crippen molar-refractivity contribution in [3.8, 4) is 0 Å². The Hall–Kier alpha value is -0.0400. The molecule has 2 rings (SSSR count). The Bertz CT molecular complexity index is 296. The lowest BCUT2D eigenvalue weighted by Crippen LogP contribution is -2.65. The summed E-state index contributed by atoms with van der Waals surface area (Å²) in [6.07, 6.45) is 8.29. The van der Waals surface area contributed by atoms with Gasteiger partial charge in [0, 0.05) is 16.6 Å². The van der Waals surface area contributed by atoms with Crippen LogP contribution in [0.1, 0.15) is 80.1 Å². The monoisotopic (exact) mass is 237 g/mol. The first-order valence-electron chi connectivity index (χ1n) is 7.57. The van der Waals surface area contributed by atoms with Crippen molar-refractivity contribution in [2.45, 2.75) is 96.7 Å². The van der Waals surface area contributed by atoms with E-state index in [1.54, 1.807) is 0 Å². The fourth-order valence-electron chi connectivity index (χ4n) is 4.92. The van der Waals surface area contributed by atoms with Gasteiger partial charge >= 0.3 is 0 Å². The molecule has 2 aliphatic rings. The third-order valence-corrected chi connectivity index (χ3v) is 6.00. The molecule has 0 bridgehead atoms. The van der Waals surface area contributed by atoms with Crippen molar-refractivity contribution in [1.29, 1.82) is 0 Å². The van der Waals surface area contributed by atoms with Crippen LogP contribution in [0.4, 0.5) is 0 Å². The van der Waals surface area contributed by atoms with E-state index in [0.29, 0.717) is 16.6 Å². The molecule has 0 radical (unpaired) electrons. The van der Waals surface area contributed by atoms with Gasteiger partial charge in [0.15, 0.2) is 0 Å². The molecule has 1 heteroatoms. The number of hydrogen-bond donors (Lipinski definition) is 0. The maximum atomic E-state index is 2.92. The van der Waals surface area contributed by atoms with Crippen LogP contribution >= 0.6 is 0 Å². The lowest BCUT2D eigenvalue weighted by molar-refractivity contribution is -0.0976. The van der Waals surface area contributed by atoms with Gasteiger partial charge in [-0.05, 0) is 65.7 Å². The summed E-state index contributed by atoms with van der Waals surface area (Å²) in [6, 6.07) is 0. The zero-order chi connectivity index (χ0) is 12.9. The molecule has 0 aliphatic carbocycles. The molecule has 17 heavy (non-hydrogen) atoms. The Labute approximate surface area is 108 Å². The average Bonchev–Trinajstić information content (AvgIpc) is 2.50. The van der Waals surface area contributed by atoms with Crippen molar-refractivity contribution in [2.75, 3.05) is 0 Å². The molecule has 3 atom stereocenters. The van der Waals surface area contributed by atoms with Gasteiger partial charge in [-0.15, -0.1) is 0 Å². The highest BCUT2D eigenvalue weighted by atomic mass is 15.3. The first kappa shape index (κ1) is 13.4. The highest BCUT2D eigenvalue weighted by Crippen LogP contribution is 2.54. The van der Waals surface area contributed by atoms with Gasteiger partial charge in [0.25, 0.3) is 0 Å². The third kappa shape index (κ3) is 1.85. The minimum Gasteiger partial charge on any atom is -0.287 e. The topological polar surface area (TPSA) is 3.24 Å². The average molecular weight is 237 g/mol. The number of nitrogens with zero attached hydrogens (tertiary/aromatic N) is 1. The number of hydrogen-bond acceptors (Lipinski definition) is 1. The Morgan fingerprint density at radius 1 is 1.00 bits per heavy atom. The molecule has 0 saturated carbocycles. The summed E-state index contributed by atoms with van der Waals surface area (Å²) in [6.45, 7) is 14.8. The summed E-state index contributed by atoms with van der Waals surface area (Å²) in [5.41, 5.74) is 1.29. The van der Waals surface area contributed by atoms with Gasteiger partial charge in [-0.25, -0.2) is 0 Å². The zero-order valence-electron chi connectivity index (χ0n) is 12.8. The summed E-state index contributed by atoms with van der Waals surface area (Å²) < 4.78 is 0. The largest absolute Gasteiger partial charge is 0.287 e.